The lowest BCUT2D eigenvalue weighted by molar-refractivity contribution is -0.123. The summed E-state index contributed by atoms with van der Waals surface area (Å²) in [5, 5.41) is 22.7. The second-order valence-corrected chi connectivity index (χ2v) is 14.0. The van der Waals surface area contributed by atoms with Crippen molar-refractivity contribution in [2.75, 3.05) is 6.61 Å². The third-order valence-electron chi connectivity index (χ3n) is 9.26. The zero-order chi connectivity index (χ0) is 35.7. The molecule has 0 radical (unpaired) electrons. The van der Waals surface area contributed by atoms with Gasteiger partial charge in [0, 0.05) is 6.42 Å². The molecule has 0 aliphatic rings. The van der Waals surface area contributed by atoms with Crippen LogP contribution in [0.4, 0.5) is 0 Å². The Labute approximate surface area is 305 Å². The minimum absolute atomic E-state index is 0.0707. The van der Waals surface area contributed by atoms with Crippen LogP contribution in [-0.4, -0.2) is 34.9 Å². The van der Waals surface area contributed by atoms with E-state index in [1.54, 1.807) is 6.08 Å². The predicted molar refractivity (Wildman–Crippen MR) is 216 cm³/mol. The first-order valence-corrected chi connectivity index (χ1v) is 21.0. The molecule has 4 nitrogen and oxygen atoms in total. The third-order valence-corrected chi connectivity index (χ3v) is 9.26. The van der Waals surface area contributed by atoms with Gasteiger partial charge in [0.05, 0.1) is 18.8 Å². The van der Waals surface area contributed by atoms with Crippen molar-refractivity contribution in [1.29, 1.82) is 0 Å². The van der Waals surface area contributed by atoms with E-state index in [2.05, 4.69) is 67.8 Å². The number of carbonyl (C=O) groups is 1. The van der Waals surface area contributed by atoms with Gasteiger partial charge in [-0.05, 0) is 57.8 Å². The van der Waals surface area contributed by atoms with Crippen LogP contribution in [0.5, 0.6) is 0 Å². The largest absolute Gasteiger partial charge is 0.394 e. The Morgan fingerprint density at radius 3 is 1.35 bits per heavy atom. The zero-order valence-corrected chi connectivity index (χ0v) is 32.4. The van der Waals surface area contributed by atoms with E-state index in [9.17, 15) is 15.0 Å². The molecule has 0 rings (SSSR count). The van der Waals surface area contributed by atoms with Gasteiger partial charge in [-0.25, -0.2) is 0 Å². The molecule has 0 saturated carbocycles. The van der Waals surface area contributed by atoms with Gasteiger partial charge >= 0.3 is 0 Å². The summed E-state index contributed by atoms with van der Waals surface area (Å²) in [6.45, 7) is 4.12. The Hall–Kier alpha value is -1.91. The highest BCUT2D eigenvalue weighted by Gasteiger charge is 2.17. The van der Waals surface area contributed by atoms with Crippen molar-refractivity contribution in [2.24, 2.45) is 0 Å². The van der Waals surface area contributed by atoms with Crippen molar-refractivity contribution in [2.45, 2.75) is 212 Å². The van der Waals surface area contributed by atoms with Gasteiger partial charge in [0.2, 0.25) is 5.91 Å². The number of aliphatic hydroxyl groups excluding tert-OH is 2. The minimum atomic E-state index is -0.835. The van der Waals surface area contributed by atoms with Gasteiger partial charge in [0.1, 0.15) is 0 Å². The smallest absolute Gasteiger partial charge is 0.220 e. The quantitative estimate of drug-likeness (QED) is 0.0451. The molecule has 0 aromatic heterocycles. The van der Waals surface area contributed by atoms with Gasteiger partial charge in [0.25, 0.3) is 0 Å². The zero-order valence-electron chi connectivity index (χ0n) is 32.4. The van der Waals surface area contributed by atoms with Crippen molar-refractivity contribution >= 4 is 5.91 Å². The lowest BCUT2D eigenvalue weighted by atomic mass is 10.0. The molecule has 0 aliphatic heterocycles. The summed E-state index contributed by atoms with van der Waals surface area (Å²) in [6.07, 6.45) is 56.5. The SMILES string of the molecule is CC/C=C\C/C=C\C/C=C\C/C=C\CCCCCCCCCCCCCCCCCCCCC(=O)NC(CO)C(O)/C=C/CCCCCC. The van der Waals surface area contributed by atoms with E-state index in [4.69, 9.17) is 0 Å². The van der Waals surface area contributed by atoms with Gasteiger partial charge < -0.3 is 15.5 Å². The number of carbonyl (C=O) groups excluding carboxylic acids is 1. The number of hydrogen-bond donors (Lipinski definition) is 3. The molecule has 0 fully saturated rings. The second-order valence-electron chi connectivity index (χ2n) is 14.0. The lowest BCUT2D eigenvalue weighted by Crippen LogP contribution is -2.45. The average molecular weight is 684 g/mol. The molecule has 0 bridgehead atoms. The van der Waals surface area contributed by atoms with Crippen LogP contribution < -0.4 is 5.32 Å². The summed E-state index contributed by atoms with van der Waals surface area (Å²) in [4.78, 5) is 12.3. The topological polar surface area (TPSA) is 69.6 Å². The fraction of sp³-hybridized carbons (Fsp3) is 0.756. The van der Waals surface area contributed by atoms with Crippen molar-refractivity contribution < 1.29 is 15.0 Å². The first-order valence-electron chi connectivity index (χ1n) is 21.0. The summed E-state index contributed by atoms with van der Waals surface area (Å²) < 4.78 is 0. The maximum atomic E-state index is 12.3. The average Bonchev–Trinajstić information content (AvgIpc) is 3.10. The summed E-state index contributed by atoms with van der Waals surface area (Å²) in [6, 6.07) is -0.618. The Kier molecular flexibility index (Phi) is 38.9. The molecule has 284 valence electrons. The summed E-state index contributed by atoms with van der Waals surface area (Å²) >= 11 is 0. The highest BCUT2D eigenvalue weighted by Crippen LogP contribution is 2.15. The number of amides is 1. The van der Waals surface area contributed by atoms with E-state index in [1.807, 2.05) is 6.08 Å². The van der Waals surface area contributed by atoms with Crippen LogP contribution in [0.1, 0.15) is 200 Å². The number of rotatable bonds is 37. The Morgan fingerprint density at radius 1 is 0.510 bits per heavy atom. The monoisotopic (exact) mass is 684 g/mol. The third kappa shape index (κ3) is 37.2. The molecule has 0 saturated heterocycles. The van der Waals surface area contributed by atoms with Crippen molar-refractivity contribution in [3.05, 3.63) is 60.8 Å². The predicted octanol–water partition coefficient (Wildman–Crippen LogP) is 13.0. The van der Waals surface area contributed by atoms with Gasteiger partial charge in [-0.1, -0.05) is 197 Å². The Bertz CT molecular complexity index is 827. The molecule has 0 aromatic carbocycles. The molecule has 2 unspecified atom stereocenters. The highest BCUT2D eigenvalue weighted by molar-refractivity contribution is 5.76. The maximum absolute atomic E-state index is 12.3. The van der Waals surface area contributed by atoms with E-state index in [-0.39, 0.29) is 12.5 Å². The van der Waals surface area contributed by atoms with E-state index in [0.717, 1.165) is 51.4 Å². The molecule has 0 heterocycles. The van der Waals surface area contributed by atoms with Crippen LogP contribution in [0.2, 0.25) is 0 Å². The van der Waals surface area contributed by atoms with E-state index < -0.39 is 12.1 Å². The molecular formula is C45H81NO3. The van der Waals surface area contributed by atoms with Crippen molar-refractivity contribution in [1.82, 2.24) is 5.32 Å². The van der Waals surface area contributed by atoms with Crippen molar-refractivity contribution in [3.63, 3.8) is 0 Å². The van der Waals surface area contributed by atoms with Crippen LogP contribution in [0.3, 0.4) is 0 Å². The first kappa shape index (κ1) is 47.1. The van der Waals surface area contributed by atoms with Gasteiger partial charge in [-0.2, -0.15) is 0 Å². The highest BCUT2D eigenvalue weighted by atomic mass is 16.3. The minimum Gasteiger partial charge on any atom is -0.394 e. The fourth-order valence-electron chi connectivity index (χ4n) is 6.05. The molecule has 49 heavy (non-hydrogen) atoms. The number of aliphatic hydroxyl groups is 2. The standard InChI is InChI=1S/C45H81NO3/c1-3-5-7-9-11-12-13-14-15-16-17-18-19-20-21-22-23-24-25-26-27-28-29-30-31-32-33-34-35-37-39-41-45(49)46-43(42-47)44(48)40-38-36-10-8-6-4-2/h5,7,11-12,14-15,17-18,38,40,43-44,47-48H,3-4,6,8-10,13,16,19-37,39,41-42H2,1-2H3,(H,46,49)/b7-5-,12-11-,15-14-,18-17-,40-38+. The Balaban J connectivity index is 3.42. The Morgan fingerprint density at radius 2 is 0.898 bits per heavy atom. The summed E-state index contributed by atoms with van der Waals surface area (Å²) in [5.41, 5.74) is 0. The van der Waals surface area contributed by atoms with Gasteiger partial charge in [-0.3, -0.25) is 4.79 Å². The van der Waals surface area contributed by atoms with E-state index in [0.29, 0.717) is 6.42 Å². The first-order chi connectivity index (χ1) is 24.2. The van der Waals surface area contributed by atoms with Crippen LogP contribution in [0.25, 0.3) is 0 Å². The molecule has 0 aromatic rings. The summed E-state index contributed by atoms with van der Waals surface area (Å²) in [5.74, 6) is -0.0707. The van der Waals surface area contributed by atoms with Crippen LogP contribution in [0.15, 0.2) is 60.8 Å². The number of unbranched alkanes of at least 4 members (excludes halogenated alkanes) is 22. The van der Waals surface area contributed by atoms with Crippen molar-refractivity contribution in [3.8, 4) is 0 Å². The molecule has 3 N–H and O–H groups in total. The van der Waals surface area contributed by atoms with Crippen LogP contribution in [0, 0.1) is 0 Å². The molecule has 0 aliphatic carbocycles. The molecule has 0 spiro atoms. The van der Waals surface area contributed by atoms with Gasteiger partial charge in [-0.15, -0.1) is 0 Å². The second kappa shape index (κ2) is 40.5. The normalized spacial score (nSPS) is 13.6. The number of nitrogens with one attached hydrogen (secondary N) is 1. The van der Waals surface area contributed by atoms with Gasteiger partial charge in [0.15, 0.2) is 0 Å². The molecule has 2 atom stereocenters. The van der Waals surface area contributed by atoms with E-state index in [1.165, 1.54) is 128 Å². The maximum Gasteiger partial charge on any atom is 0.220 e. The van der Waals surface area contributed by atoms with E-state index >= 15 is 0 Å². The molecular weight excluding hydrogens is 602 g/mol. The molecule has 4 heteroatoms. The van der Waals surface area contributed by atoms with Crippen LogP contribution >= 0.6 is 0 Å². The summed E-state index contributed by atoms with van der Waals surface area (Å²) in [7, 11) is 0. The number of hydrogen-bond acceptors (Lipinski definition) is 3. The lowest BCUT2D eigenvalue weighted by Gasteiger charge is -2.20. The number of allylic oxidation sites excluding steroid dienone is 9. The van der Waals surface area contributed by atoms with Crippen LogP contribution in [-0.2, 0) is 4.79 Å². The molecule has 1 amide bonds. The fourth-order valence-corrected chi connectivity index (χ4v) is 6.05.